The molecule has 2 aromatic heterocycles. The minimum atomic E-state index is -0.537. The number of furan rings is 1. The molecule has 0 bridgehead atoms. The summed E-state index contributed by atoms with van der Waals surface area (Å²) in [5, 5.41) is 0. The molecule has 0 spiro atoms. The van der Waals surface area contributed by atoms with Gasteiger partial charge in [-0.2, -0.15) is 0 Å². The quantitative estimate of drug-likeness (QED) is 0.628. The predicted molar refractivity (Wildman–Crippen MR) is 99.8 cm³/mol. The maximum absolute atomic E-state index is 13.9. The lowest BCUT2D eigenvalue weighted by Gasteiger charge is -2.31. The highest BCUT2D eigenvalue weighted by Crippen LogP contribution is 2.25. The zero-order valence-electron chi connectivity index (χ0n) is 15.3. The average molecular weight is 381 g/mol. The van der Waals surface area contributed by atoms with Crippen LogP contribution in [0.4, 0.5) is 4.39 Å². The Kier molecular flexibility index (Phi) is 5.43. The molecule has 3 aromatic rings. The SMILES string of the molecule is O=C(O[C@H]1CCCN(Cc2ncccn2)C1)c1ccc(-c2ccccc2F)o1. The molecule has 4 rings (SSSR count). The summed E-state index contributed by atoms with van der Waals surface area (Å²) in [6.45, 7) is 2.14. The maximum atomic E-state index is 13.9. The lowest BCUT2D eigenvalue weighted by molar-refractivity contribution is 0.00244. The Bertz CT molecular complexity index is 945. The van der Waals surface area contributed by atoms with Crippen LogP contribution >= 0.6 is 0 Å². The van der Waals surface area contributed by atoms with E-state index in [1.54, 1.807) is 42.7 Å². The topological polar surface area (TPSA) is 68.5 Å². The Morgan fingerprint density at radius 1 is 1.18 bits per heavy atom. The van der Waals surface area contributed by atoms with Gasteiger partial charge >= 0.3 is 5.97 Å². The van der Waals surface area contributed by atoms with Crippen molar-refractivity contribution in [1.29, 1.82) is 0 Å². The van der Waals surface area contributed by atoms with Gasteiger partial charge in [-0.05, 0) is 49.7 Å². The van der Waals surface area contributed by atoms with Crippen molar-refractivity contribution in [3.05, 3.63) is 72.3 Å². The number of ether oxygens (including phenoxy) is 1. The van der Waals surface area contributed by atoms with Crippen LogP contribution in [0.15, 0.2) is 59.3 Å². The first kappa shape index (κ1) is 18.3. The lowest BCUT2D eigenvalue weighted by atomic mass is 10.1. The molecule has 1 aliphatic rings. The van der Waals surface area contributed by atoms with E-state index in [1.807, 2.05) is 0 Å². The Morgan fingerprint density at radius 3 is 2.82 bits per heavy atom. The number of nitrogens with zero attached hydrogens (tertiary/aromatic N) is 3. The first-order valence-electron chi connectivity index (χ1n) is 9.23. The fraction of sp³-hybridized carbons (Fsp3) is 0.286. The van der Waals surface area contributed by atoms with Crippen molar-refractivity contribution in [3.63, 3.8) is 0 Å². The number of likely N-dealkylation sites (tertiary alicyclic amines) is 1. The number of benzene rings is 1. The van der Waals surface area contributed by atoms with Gasteiger partial charge in [-0.3, -0.25) is 4.90 Å². The van der Waals surface area contributed by atoms with Crippen LogP contribution < -0.4 is 0 Å². The van der Waals surface area contributed by atoms with Gasteiger partial charge in [-0.25, -0.2) is 19.2 Å². The van der Waals surface area contributed by atoms with E-state index in [1.165, 1.54) is 12.1 Å². The van der Waals surface area contributed by atoms with Crippen molar-refractivity contribution in [1.82, 2.24) is 14.9 Å². The number of hydrogen-bond acceptors (Lipinski definition) is 6. The second kappa shape index (κ2) is 8.31. The van der Waals surface area contributed by atoms with Crippen LogP contribution in [-0.4, -0.2) is 40.0 Å². The fourth-order valence-electron chi connectivity index (χ4n) is 3.33. The molecule has 1 aliphatic heterocycles. The number of hydrogen-bond donors (Lipinski definition) is 0. The van der Waals surface area contributed by atoms with E-state index in [2.05, 4.69) is 14.9 Å². The van der Waals surface area contributed by atoms with Crippen molar-refractivity contribution in [2.45, 2.75) is 25.5 Å². The van der Waals surface area contributed by atoms with Crippen LogP contribution in [0.1, 0.15) is 29.2 Å². The van der Waals surface area contributed by atoms with Gasteiger partial charge in [-0.1, -0.05) is 12.1 Å². The molecular weight excluding hydrogens is 361 g/mol. The second-order valence-electron chi connectivity index (χ2n) is 6.71. The molecule has 1 fully saturated rings. The highest BCUT2D eigenvalue weighted by atomic mass is 19.1. The Hall–Kier alpha value is -3.06. The highest BCUT2D eigenvalue weighted by Gasteiger charge is 2.25. The van der Waals surface area contributed by atoms with Crippen LogP contribution in [0, 0.1) is 5.82 Å². The Balaban J connectivity index is 1.38. The summed E-state index contributed by atoms with van der Waals surface area (Å²) in [4.78, 5) is 23.1. The van der Waals surface area contributed by atoms with E-state index >= 15 is 0 Å². The van der Waals surface area contributed by atoms with Crippen molar-refractivity contribution >= 4 is 5.97 Å². The molecule has 0 aliphatic carbocycles. The number of carbonyl (C=O) groups is 1. The smallest absolute Gasteiger partial charge is 0.374 e. The van der Waals surface area contributed by atoms with E-state index in [0.717, 1.165) is 25.2 Å². The van der Waals surface area contributed by atoms with Crippen molar-refractivity contribution in [2.24, 2.45) is 0 Å². The number of carbonyl (C=O) groups excluding carboxylic acids is 1. The van der Waals surface area contributed by atoms with Gasteiger partial charge in [0.05, 0.1) is 12.1 Å². The largest absolute Gasteiger partial charge is 0.455 e. The molecule has 3 heterocycles. The van der Waals surface area contributed by atoms with Crippen molar-refractivity contribution in [3.8, 4) is 11.3 Å². The summed E-state index contributed by atoms with van der Waals surface area (Å²) in [7, 11) is 0. The third-order valence-electron chi connectivity index (χ3n) is 4.67. The number of aromatic nitrogens is 2. The normalized spacial score (nSPS) is 17.4. The van der Waals surface area contributed by atoms with E-state index in [9.17, 15) is 9.18 Å². The third kappa shape index (κ3) is 4.26. The summed E-state index contributed by atoms with van der Waals surface area (Å²) < 4.78 is 25.0. The van der Waals surface area contributed by atoms with Gasteiger partial charge in [0.1, 0.15) is 23.5 Å². The molecule has 7 heteroatoms. The molecular formula is C21H20FN3O3. The molecule has 144 valence electrons. The summed E-state index contributed by atoms with van der Waals surface area (Å²) in [6, 6.07) is 11.1. The molecule has 0 saturated carbocycles. The minimum Gasteiger partial charge on any atom is -0.455 e. The zero-order valence-corrected chi connectivity index (χ0v) is 15.3. The van der Waals surface area contributed by atoms with Gasteiger partial charge in [-0.15, -0.1) is 0 Å². The van der Waals surface area contributed by atoms with E-state index in [-0.39, 0.29) is 11.9 Å². The minimum absolute atomic E-state index is 0.0711. The predicted octanol–water partition coefficient (Wildman–Crippen LogP) is 3.70. The van der Waals surface area contributed by atoms with Gasteiger partial charge in [0.15, 0.2) is 0 Å². The molecule has 0 unspecified atom stereocenters. The third-order valence-corrected chi connectivity index (χ3v) is 4.67. The summed E-state index contributed by atoms with van der Waals surface area (Å²) in [6.07, 6.45) is 4.91. The number of esters is 1. The van der Waals surface area contributed by atoms with Crippen molar-refractivity contribution in [2.75, 3.05) is 13.1 Å². The summed E-state index contributed by atoms with van der Waals surface area (Å²) in [5.74, 6) is 0.182. The van der Waals surface area contributed by atoms with Crippen LogP contribution in [0.25, 0.3) is 11.3 Å². The van der Waals surface area contributed by atoms with Gasteiger partial charge in [0.25, 0.3) is 0 Å². The lowest BCUT2D eigenvalue weighted by Crippen LogP contribution is -2.40. The Morgan fingerprint density at radius 2 is 2.00 bits per heavy atom. The zero-order chi connectivity index (χ0) is 19.3. The van der Waals surface area contributed by atoms with Crippen molar-refractivity contribution < 1.29 is 18.3 Å². The molecule has 1 aromatic carbocycles. The standard InChI is InChI=1S/C21H20FN3O3/c22-17-7-2-1-6-16(17)18-8-9-19(28-18)21(26)27-15-5-3-12-25(13-15)14-20-23-10-4-11-24-20/h1-2,4,6-11,15H,3,5,12-14H2/t15-/m0/s1. The van der Waals surface area contributed by atoms with E-state index in [4.69, 9.17) is 9.15 Å². The van der Waals surface area contributed by atoms with E-state index in [0.29, 0.717) is 24.4 Å². The fourth-order valence-corrected chi connectivity index (χ4v) is 3.33. The summed E-state index contributed by atoms with van der Waals surface area (Å²) >= 11 is 0. The average Bonchev–Trinajstić information content (AvgIpc) is 3.20. The number of piperidine rings is 1. The first-order valence-corrected chi connectivity index (χ1v) is 9.23. The Labute approximate surface area is 162 Å². The highest BCUT2D eigenvalue weighted by molar-refractivity contribution is 5.87. The molecule has 1 atom stereocenters. The number of rotatable bonds is 5. The molecule has 0 amide bonds. The van der Waals surface area contributed by atoms with Crippen LogP contribution in [0.2, 0.25) is 0 Å². The van der Waals surface area contributed by atoms with Gasteiger partial charge < -0.3 is 9.15 Å². The monoisotopic (exact) mass is 381 g/mol. The molecule has 28 heavy (non-hydrogen) atoms. The van der Waals surface area contributed by atoms with E-state index < -0.39 is 11.8 Å². The van der Waals surface area contributed by atoms with Gasteiger partial charge in [0, 0.05) is 18.9 Å². The molecule has 6 nitrogen and oxygen atoms in total. The number of halogens is 1. The molecule has 0 radical (unpaired) electrons. The maximum Gasteiger partial charge on any atom is 0.374 e. The second-order valence-corrected chi connectivity index (χ2v) is 6.71. The summed E-state index contributed by atoms with van der Waals surface area (Å²) in [5.41, 5.74) is 0.313. The van der Waals surface area contributed by atoms with Crippen LogP contribution in [0.3, 0.4) is 0 Å². The molecule has 1 saturated heterocycles. The first-order chi connectivity index (χ1) is 13.7. The van der Waals surface area contributed by atoms with Crippen LogP contribution in [-0.2, 0) is 11.3 Å². The van der Waals surface area contributed by atoms with Crippen LogP contribution in [0.5, 0.6) is 0 Å². The van der Waals surface area contributed by atoms with Gasteiger partial charge in [0.2, 0.25) is 5.76 Å². The molecule has 0 N–H and O–H groups in total.